The van der Waals surface area contributed by atoms with Gasteiger partial charge < -0.3 is 5.32 Å². The van der Waals surface area contributed by atoms with Gasteiger partial charge in [-0.05, 0) is 35.9 Å². The highest BCUT2D eigenvalue weighted by atomic mass is 79.9. The van der Waals surface area contributed by atoms with E-state index in [1.807, 2.05) is 0 Å². The normalized spacial score (nSPS) is 10.7. The van der Waals surface area contributed by atoms with E-state index in [1.165, 1.54) is 24.3 Å². The molecule has 0 bridgehead atoms. The number of nitrogens with zero attached hydrogens (tertiary/aromatic N) is 1. The number of anilines is 1. The lowest BCUT2D eigenvalue weighted by molar-refractivity contribution is -0.384. The van der Waals surface area contributed by atoms with E-state index in [-0.39, 0.29) is 10.7 Å². The molecule has 8 heteroatoms. The van der Waals surface area contributed by atoms with Crippen molar-refractivity contribution in [3.63, 3.8) is 0 Å². The first-order valence-electron chi connectivity index (χ1n) is 6.25. The van der Waals surface area contributed by atoms with Gasteiger partial charge in [-0.15, -0.1) is 0 Å². The summed E-state index contributed by atoms with van der Waals surface area (Å²) in [6, 6.07) is 9.33. The van der Waals surface area contributed by atoms with Gasteiger partial charge in [0.1, 0.15) is 5.02 Å². The Bertz CT molecular complexity index is 809. The van der Waals surface area contributed by atoms with Crippen molar-refractivity contribution in [1.82, 2.24) is 0 Å². The average molecular weight is 416 g/mol. The second-order valence-electron chi connectivity index (χ2n) is 4.41. The lowest BCUT2D eigenvalue weighted by Gasteiger charge is -2.05. The van der Waals surface area contributed by atoms with Crippen molar-refractivity contribution >= 4 is 62.5 Å². The van der Waals surface area contributed by atoms with Crippen LogP contribution in [-0.2, 0) is 4.79 Å². The van der Waals surface area contributed by atoms with Gasteiger partial charge in [0, 0.05) is 16.6 Å². The second-order valence-corrected chi connectivity index (χ2v) is 6.14. The summed E-state index contributed by atoms with van der Waals surface area (Å²) in [6.07, 6.45) is 2.71. The first-order chi connectivity index (χ1) is 10.9. The zero-order valence-electron chi connectivity index (χ0n) is 11.4. The predicted octanol–water partition coefficient (Wildman–Crippen LogP) is 5.32. The van der Waals surface area contributed by atoms with Crippen molar-refractivity contribution < 1.29 is 9.72 Å². The van der Waals surface area contributed by atoms with Gasteiger partial charge in [0.2, 0.25) is 5.91 Å². The minimum absolute atomic E-state index is 0.0400. The Kier molecular flexibility index (Phi) is 5.76. The van der Waals surface area contributed by atoms with Crippen LogP contribution >= 0.6 is 39.1 Å². The molecule has 0 radical (unpaired) electrons. The molecule has 0 aliphatic rings. The summed E-state index contributed by atoms with van der Waals surface area (Å²) >= 11 is 15.0. The maximum absolute atomic E-state index is 11.9. The summed E-state index contributed by atoms with van der Waals surface area (Å²) < 4.78 is 0.796. The molecule has 0 aliphatic heterocycles. The van der Waals surface area contributed by atoms with Gasteiger partial charge >= 0.3 is 0 Å². The maximum atomic E-state index is 11.9. The molecule has 2 rings (SSSR count). The fourth-order valence-corrected chi connectivity index (χ4v) is 2.62. The minimum atomic E-state index is -0.582. The summed E-state index contributed by atoms with van der Waals surface area (Å²) in [5.41, 5.74) is 0.731. The van der Waals surface area contributed by atoms with E-state index in [0.717, 1.165) is 4.47 Å². The smallest absolute Gasteiger partial charge is 0.288 e. The number of nitrogens with one attached hydrogen (secondary N) is 1. The molecular weight excluding hydrogens is 407 g/mol. The van der Waals surface area contributed by atoms with Crippen LogP contribution < -0.4 is 5.32 Å². The van der Waals surface area contributed by atoms with Crippen molar-refractivity contribution in [2.75, 3.05) is 5.32 Å². The largest absolute Gasteiger partial charge is 0.321 e. The molecule has 0 atom stereocenters. The van der Waals surface area contributed by atoms with Gasteiger partial charge in [-0.1, -0.05) is 45.2 Å². The van der Waals surface area contributed by atoms with Crippen LogP contribution in [0.1, 0.15) is 5.56 Å². The quantitative estimate of drug-likeness (QED) is 0.417. The third-order valence-electron chi connectivity index (χ3n) is 2.78. The maximum Gasteiger partial charge on any atom is 0.288 e. The van der Waals surface area contributed by atoms with Crippen LogP contribution in [0, 0.1) is 10.1 Å². The van der Waals surface area contributed by atoms with Crippen LogP contribution in [0.4, 0.5) is 11.4 Å². The van der Waals surface area contributed by atoms with Crippen LogP contribution in [0.3, 0.4) is 0 Å². The zero-order valence-corrected chi connectivity index (χ0v) is 14.5. The summed E-state index contributed by atoms with van der Waals surface area (Å²) in [5, 5.41) is 13.9. The molecule has 1 amide bonds. The van der Waals surface area contributed by atoms with Crippen LogP contribution in [-0.4, -0.2) is 10.8 Å². The fraction of sp³-hybridized carbons (Fsp3) is 0. The molecular formula is C15H9BrCl2N2O3. The van der Waals surface area contributed by atoms with Gasteiger partial charge in [-0.3, -0.25) is 14.9 Å². The molecule has 0 saturated carbocycles. The van der Waals surface area contributed by atoms with E-state index in [2.05, 4.69) is 21.2 Å². The van der Waals surface area contributed by atoms with Crippen molar-refractivity contribution in [3.8, 4) is 0 Å². The van der Waals surface area contributed by atoms with Crippen molar-refractivity contribution in [1.29, 1.82) is 0 Å². The van der Waals surface area contributed by atoms with E-state index in [1.54, 1.807) is 24.3 Å². The first kappa shape index (κ1) is 17.5. The third kappa shape index (κ3) is 4.79. The van der Waals surface area contributed by atoms with Crippen LogP contribution in [0.25, 0.3) is 6.08 Å². The SMILES string of the molecule is O=C(/C=C/c1ccc(Cl)c([N+](=O)[O-])c1)Nc1ccc(Br)cc1Cl. The number of rotatable bonds is 4. The van der Waals surface area contributed by atoms with E-state index in [4.69, 9.17) is 23.2 Å². The van der Waals surface area contributed by atoms with Crippen molar-refractivity contribution in [2.45, 2.75) is 0 Å². The Morgan fingerprint density at radius 1 is 1.17 bits per heavy atom. The number of hydrogen-bond acceptors (Lipinski definition) is 3. The average Bonchev–Trinajstić information content (AvgIpc) is 2.49. The topological polar surface area (TPSA) is 72.2 Å². The second kappa shape index (κ2) is 7.59. The number of carbonyl (C=O) groups is 1. The number of hydrogen-bond donors (Lipinski definition) is 1. The van der Waals surface area contributed by atoms with Crippen LogP contribution in [0.5, 0.6) is 0 Å². The molecule has 5 nitrogen and oxygen atoms in total. The van der Waals surface area contributed by atoms with Crippen molar-refractivity contribution in [2.24, 2.45) is 0 Å². The summed E-state index contributed by atoms with van der Waals surface area (Å²) in [4.78, 5) is 22.1. The minimum Gasteiger partial charge on any atom is -0.321 e. The fourth-order valence-electron chi connectivity index (χ4n) is 1.71. The highest BCUT2D eigenvalue weighted by molar-refractivity contribution is 9.10. The van der Waals surface area contributed by atoms with Gasteiger partial charge in [0.05, 0.1) is 15.6 Å². The Labute approximate surface area is 150 Å². The molecule has 0 heterocycles. The highest BCUT2D eigenvalue weighted by Crippen LogP contribution is 2.27. The number of amides is 1. The van der Waals surface area contributed by atoms with E-state index in [9.17, 15) is 14.9 Å². The molecule has 0 spiro atoms. The first-order valence-corrected chi connectivity index (χ1v) is 7.80. The Morgan fingerprint density at radius 3 is 2.57 bits per heavy atom. The van der Waals surface area contributed by atoms with Gasteiger partial charge in [-0.2, -0.15) is 0 Å². The monoisotopic (exact) mass is 414 g/mol. The third-order valence-corrected chi connectivity index (χ3v) is 3.91. The number of nitro groups is 1. The highest BCUT2D eigenvalue weighted by Gasteiger charge is 2.11. The number of nitro benzene ring substituents is 1. The summed E-state index contributed by atoms with van der Waals surface area (Å²) in [7, 11) is 0. The van der Waals surface area contributed by atoms with Gasteiger partial charge in [0.15, 0.2) is 0 Å². The van der Waals surface area contributed by atoms with Gasteiger partial charge in [0.25, 0.3) is 5.69 Å². The summed E-state index contributed by atoms with van der Waals surface area (Å²) in [5.74, 6) is -0.410. The lowest BCUT2D eigenvalue weighted by atomic mass is 10.2. The zero-order chi connectivity index (χ0) is 17.0. The summed E-state index contributed by atoms with van der Waals surface area (Å²) in [6.45, 7) is 0. The molecule has 118 valence electrons. The molecule has 23 heavy (non-hydrogen) atoms. The number of benzene rings is 2. The molecule has 0 saturated heterocycles. The molecule has 2 aromatic rings. The molecule has 2 aromatic carbocycles. The van der Waals surface area contributed by atoms with Crippen molar-refractivity contribution in [3.05, 3.63) is 72.7 Å². The van der Waals surface area contributed by atoms with E-state index in [0.29, 0.717) is 16.3 Å². The van der Waals surface area contributed by atoms with E-state index >= 15 is 0 Å². The molecule has 0 aromatic heterocycles. The molecule has 1 N–H and O–H groups in total. The predicted molar refractivity (Wildman–Crippen MR) is 94.9 cm³/mol. The lowest BCUT2D eigenvalue weighted by Crippen LogP contribution is -2.08. The Balaban J connectivity index is 2.12. The molecule has 0 fully saturated rings. The molecule has 0 aliphatic carbocycles. The van der Waals surface area contributed by atoms with Crippen LogP contribution in [0.2, 0.25) is 10.0 Å². The van der Waals surface area contributed by atoms with Crippen LogP contribution in [0.15, 0.2) is 46.9 Å². The molecule has 0 unspecified atom stereocenters. The number of halogens is 3. The van der Waals surface area contributed by atoms with Gasteiger partial charge in [-0.25, -0.2) is 0 Å². The number of carbonyl (C=O) groups excluding carboxylic acids is 1. The Morgan fingerprint density at radius 2 is 1.91 bits per heavy atom. The Hall–Kier alpha value is -1.89. The standard InChI is InChI=1S/C15H9BrCl2N2O3/c16-10-3-5-13(12(18)8-10)19-15(21)6-2-9-1-4-11(17)14(7-9)20(22)23/h1-8H,(H,19,21)/b6-2+. The van der Waals surface area contributed by atoms with E-state index < -0.39 is 10.8 Å².